The van der Waals surface area contributed by atoms with Crippen LogP contribution in [0, 0.1) is 0 Å². The number of nitrogens with zero attached hydrogens (tertiary/aromatic N) is 1. The molecule has 1 unspecified atom stereocenters. The van der Waals surface area contributed by atoms with Crippen molar-refractivity contribution in [3.8, 4) is 5.75 Å². The minimum absolute atomic E-state index is 0.0782. The zero-order chi connectivity index (χ0) is 20.3. The number of benzene rings is 2. The van der Waals surface area contributed by atoms with Gasteiger partial charge in [0.05, 0.1) is 18.2 Å². The van der Waals surface area contributed by atoms with Crippen LogP contribution >= 0.6 is 11.6 Å². The molecule has 0 radical (unpaired) electrons. The first-order valence-corrected chi connectivity index (χ1v) is 9.62. The lowest BCUT2D eigenvalue weighted by molar-refractivity contribution is -0.139. The Balaban J connectivity index is 2.16. The monoisotopic (exact) mass is 399 g/mol. The van der Waals surface area contributed by atoms with Gasteiger partial charge in [-0.2, -0.15) is 0 Å². The number of amides is 1. The summed E-state index contributed by atoms with van der Waals surface area (Å²) in [4.78, 5) is 27.0. The number of halogens is 1. The van der Waals surface area contributed by atoms with Gasteiger partial charge in [0.1, 0.15) is 11.5 Å². The maximum Gasteiger partial charge on any atom is 0.295 e. The number of rotatable bonds is 6. The van der Waals surface area contributed by atoms with Crippen molar-refractivity contribution >= 4 is 29.1 Å². The van der Waals surface area contributed by atoms with Gasteiger partial charge in [-0.25, -0.2) is 0 Å². The molecule has 28 heavy (non-hydrogen) atoms. The Bertz CT molecular complexity index is 920. The summed E-state index contributed by atoms with van der Waals surface area (Å²) >= 11 is 5.92. The second-order valence-corrected chi connectivity index (χ2v) is 6.94. The van der Waals surface area contributed by atoms with Crippen LogP contribution in [0.2, 0.25) is 5.02 Å². The predicted octanol–water partition coefficient (Wildman–Crippen LogP) is 4.57. The molecule has 1 saturated heterocycles. The number of hydrogen-bond acceptors (Lipinski definition) is 4. The molecular weight excluding hydrogens is 378 g/mol. The first-order chi connectivity index (χ1) is 13.5. The molecule has 6 heteroatoms. The molecular formula is C22H22ClNO4. The van der Waals surface area contributed by atoms with Crippen LogP contribution in [0.4, 0.5) is 0 Å². The van der Waals surface area contributed by atoms with E-state index in [9.17, 15) is 14.7 Å². The summed E-state index contributed by atoms with van der Waals surface area (Å²) in [5.41, 5.74) is 1.23. The molecule has 0 aliphatic carbocycles. The molecule has 0 bridgehead atoms. The van der Waals surface area contributed by atoms with E-state index in [2.05, 4.69) is 0 Å². The van der Waals surface area contributed by atoms with Crippen LogP contribution in [0.25, 0.3) is 5.76 Å². The number of Topliss-reactive ketones (excluding diaryl/α,β-unsaturated/α-hetero) is 1. The molecule has 5 nitrogen and oxygen atoms in total. The Hall–Kier alpha value is -2.79. The number of hydrogen-bond donors (Lipinski definition) is 1. The summed E-state index contributed by atoms with van der Waals surface area (Å²) in [6.45, 7) is 4.73. The number of likely N-dealkylation sites (tertiary alicyclic amines) is 1. The molecule has 2 aromatic carbocycles. The lowest BCUT2D eigenvalue weighted by Crippen LogP contribution is -2.30. The normalized spacial score (nSPS) is 18.5. The van der Waals surface area contributed by atoms with Crippen LogP contribution in [0.1, 0.15) is 37.4 Å². The molecule has 1 aliphatic heterocycles. The Labute approximate surface area is 169 Å². The van der Waals surface area contributed by atoms with Crippen molar-refractivity contribution in [2.24, 2.45) is 0 Å². The fourth-order valence-corrected chi connectivity index (χ4v) is 3.53. The van der Waals surface area contributed by atoms with Gasteiger partial charge in [-0.3, -0.25) is 9.59 Å². The van der Waals surface area contributed by atoms with E-state index in [0.29, 0.717) is 41.5 Å². The molecule has 0 spiro atoms. The van der Waals surface area contributed by atoms with Gasteiger partial charge in [0.15, 0.2) is 0 Å². The molecule has 1 N–H and O–H groups in total. The van der Waals surface area contributed by atoms with Crippen LogP contribution < -0.4 is 4.74 Å². The van der Waals surface area contributed by atoms with E-state index >= 15 is 0 Å². The highest BCUT2D eigenvalue weighted by atomic mass is 35.5. The van der Waals surface area contributed by atoms with E-state index in [1.165, 1.54) is 4.90 Å². The number of aliphatic hydroxyl groups is 1. The van der Waals surface area contributed by atoms with E-state index in [1.54, 1.807) is 30.3 Å². The second-order valence-electron chi connectivity index (χ2n) is 6.50. The van der Waals surface area contributed by atoms with Crippen LogP contribution in [-0.4, -0.2) is 34.8 Å². The number of carbonyl (C=O) groups excluding carboxylic acids is 2. The predicted molar refractivity (Wildman–Crippen MR) is 108 cm³/mol. The first kappa shape index (κ1) is 20.0. The van der Waals surface area contributed by atoms with Crippen molar-refractivity contribution in [1.29, 1.82) is 0 Å². The molecule has 1 amide bonds. The van der Waals surface area contributed by atoms with Crippen LogP contribution in [0.3, 0.4) is 0 Å². The van der Waals surface area contributed by atoms with E-state index in [0.717, 1.165) is 0 Å². The van der Waals surface area contributed by atoms with Gasteiger partial charge in [-0.05, 0) is 55.3 Å². The van der Waals surface area contributed by atoms with Gasteiger partial charge in [-0.15, -0.1) is 0 Å². The van der Waals surface area contributed by atoms with E-state index in [-0.39, 0.29) is 11.3 Å². The fraction of sp³-hybridized carbons (Fsp3) is 0.273. The number of aliphatic hydroxyl groups excluding tert-OH is 1. The van der Waals surface area contributed by atoms with Gasteiger partial charge in [-0.1, -0.05) is 30.7 Å². The van der Waals surface area contributed by atoms with Gasteiger partial charge >= 0.3 is 0 Å². The average molecular weight is 400 g/mol. The molecule has 3 rings (SSSR count). The third kappa shape index (κ3) is 3.76. The molecule has 1 fully saturated rings. The van der Waals surface area contributed by atoms with Crippen molar-refractivity contribution < 1.29 is 19.4 Å². The maximum atomic E-state index is 12.8. The van der Waals surface area contributed by atoms with Crippen LogP contribution in [0.15, 0.2) is 54.1 Å². The van der Waals surface area contributed by atoms with Crippen molar-refractivity contribution in [2.45, 2.75) is 26.3 Å². The highest BCUT2D eigenvalue weighted by Gasteiger charge is 2.45. The van der Waals surface area contributed by atoms with Gasteiger partial charge in [0, 0.05) is 17.1 Å². The maximum absolute atomic E-state index is 12.8. The minimum Gasteiger partial charge on any atom is -0.507 e. The van der Waals surface area contributed by atoms with Crippen LogP contribution in [-0.2, 0) is 9.59 Å². The number of carbonyl (C=O) groups is 2. The Morgan fingerprint density at radius 3 is 2.50 bits per heavy atom. The molecule has 1 atom stereocenters. The molecule has 146 valence electrons. The van der Waals surface area contributed by atoms with Crippen molar-refractivity contribution in [3.63, 3.8) is 0 Å². The molecule has 2 aromatic rings. The Morgan fingerprint density at radius 2 is 1.86 bits per heavy atom. The van der Waals surface area contributed by atoms with Gasteiger partial charge < -0.3 is 14.7 Å². The molecule has 1 heterocycles. The zero-order valence-electron chi connectivity index (χ0n) is 15.8. The van der Waals surface area contributed by atoms with Crippen LogP contribution in [0.5, 0.6) is 5.75 Å². The van der Waals surface area contributed by atoms with Crippen molar-refractivity contribution in [1.82, 2.24) is 4.90 Å². The molecule has 0 aromatic heterocycles. The summed E-state index contributed by atoms with van der Waals surface area (Å²) < 4.78 is 5.57. The highest BCUT2D eigenvalue weighted by molar-refractivity contribution is 6.46. The number of ether oxygens (including phenoxy) is 1. The smallest absolute Gasteiger partial charge is 0.295 e. The number of ketones is 1. The highest BCUT2D eigenvalue weighted by Crippen LogP contribution is 2.40. The average Bonchev–Trinajstić information content (AvgIpc) is 2.94. The SMILES string of the molecule is CCCN1C(=O)C(=O)/C(=C(\O)c2ccc(Cl)cc2)C1c1cccc(OCC)c1. The Kier molecular flexibility index (Phi) is 6.05. The summed E-state index contributed by atoms with van der Waals surface area (Å²) in [6.07, 6.45) is 0.690. The van der Waals surface area contributed by atoms with Crippen molar-refractivity contribution in [3.05, 3.63) is 70.3 Å². The quantitative estimate of drug-likeness (QED) is 0.439. The molecule has 1 aliphatic rings. The lowest BCUT2D eigenvalue weighted by Gasteiger charge is -2.25. The van der Waals surface area contributed by atoms with E-state index < -0.39 is 17.7 Å². The summed E-state index contributed by atoms with van der Waals surface area (Å²) in [6, 6.07) is 13.1. The third-order valence-electron chi connectivity index (χ3n) is 4.61. The van der Waals surface area contributed by atoms with Gasteiger partial charge in [0.2, 0.25) is 0 Å². The summed E-state index contributed by atoms with van der Waals surface area (Å²) in [7, 11) is 0. The van der Waals surface area contributed by atoms with Gasteiger partial charge in [0.25, 0.3) is 11.7 Å². The van der Waals surface area contributed by atoms with Crippen molar-refractivity contribution in [2.75, 3.05) is 13.2 Å². The standard InChI is InChI=1S/C22H22ClNO4/c1-3-12-24-19(15-6-5-7-17(13-15)28-4-2)18(21(26)22(24)27)20(25)14-8-10-16(23)11-9-14/h5-11,13,19,25H,3-4,12H2,1-2H3/b20-18-. The minimum atomic E-state index is -0.687. The fourth-order valence-electron chi connectivity index (χ4n) is 3.40. The zero-order valence-corrected chi connectivity index (χ0v) is 16.6. The topological polar surface area (TPSA) is 66.8 Å². The molecule has 0 saturated carbocycles. The largest absolute Gasteiger partial charge is 0.507 e. The lowest BCUT2D eigenvalue weighted by atomic mass is 9.95. The Morgan fingerprint density at radius 1 is 1.14 bits per heavy atom. The third-order valence-corrected chi connectivity index (χ3v) is 4.86. The first-order valence-electron chi connectivity index (χ1n) is 9.25. The summed E-state index contributed by atoms with van der Waals surface area (Å²) in [5, 5.41) is 11.4. The van der Waals surface area contributed by atoms with E-state index in [4.69, 9.17) is 16.3 Å². The summed E-state index contributed by atoms with van der Waals surface area (Å²) in [5.74, 6) is -0.856. The van der Waals surface area contributed by atoms with E-state index in [1.807, 2.05) is 32.0 Å². The second kappa shape index (κ2) is 8.48.